The zero-order chi connectivity index (χ0) is 9.80. The van der Waals surface area contributed by atoms with Gasteiger partial charge in [0, 0.05) is 25.0 Å². The van der Waals surface area contributed by atoms with E-state index in [9.17, 15) is 0 Å². The molecule has 78 valence electrons. The average Bonchev–Trinajstić information content (AvgIpc) is 2.71. The van der Waals surface area contributed by atoms with Crippen LogP contribution in [-0.2, 0) is 11.3 Å². The molecule has 1 aliphatic rings. The van der Waals surface area contributed by atoms with Gasteiger partial charge in [0.1, 0.15) is 0 Å². The van der Waals surface area contributed by atoms with Gasteiger partial charge in [0.25, 0.3) is 0 Å². The number of hydrogen-bond donors (Lipinski definition) is 0. The SMILES string of the molecule is CCC1CN(Cc2cscn2)CCO1. The summed E-state index contributed by atoms with van der Waals surface area (Å²) in [5.74, 6) is 0. The van der Waals surface area contributed by atoms with E-state index in [1.165, 1.54) is 5.69 Å². The highest BCUT2D eigenvalue weighted by atomic mass is 32.1. The van der Waals surface area contributed by atoms with Gasteiger partial charge in [-0.15, -0.1) is 11.3 Å². The minimum Gasteiger partial charge on any atom is -0.376 e. The van der Waals surface area contributed by atoms with Gasteiger partial charge < -0.3 is 4.74 Å². The molecule has 0 saturated carbocycles. The van der Waals surface area contributed by atoms with E-state index in [1.807, 2.05) is 5.51 Å². The van der Waals surface area contributed by atoms with E-state index in [1.54, 1.807) is 11.3 Å². The molecule has 0 spiro atoms. The quantitative estimate of drug-likeness (QED) is 0.763. The molecule has 14 heavy (non-hydrogen) atoms. The van der Waals surface area contributed by atoms with Crippen molar-refractivity contribution in [3.8, 4) is 0 Å². The lowest BCUT2D eigenvalue weighted by atomic mass is 10.2. The summed E-state index contributed by atoms with van der Waals surface area (Å²) in [6.07, 6.45) is 1.52. The summed E-state index contributed by atoms with van der Waals surface area (Å²) < 4.78 is 5.62. The molecule has 1 fully saturated rings. The summed E-state index contributed by atoms with van der Waals surface area (Å²) in [6, 6.07) is 0. The Morgan fingerprint density at radius 1 is 1.71 bits per heavy atom. The minimum absolute atomic E-state index is 0.419. The predicted molar refractivity (Wildman–Crippen MR) is 57.4 cm³/mol. The largest absolute Gasteiger partial charge is 0.376 e. The first-order valence-corrected chi connectivity index (χ1v) is 6.03. The number of thiazole rings is 1. The van der Waals surface area contributed by atoms with Crippen LogP contribution >= 0.6 is 11.3 Å². The van der Waals surface area contributed by atoms with Gasteiger partial charge in [-0.25, -0.2) is 4.98 Å². The second kappa shape index (κ2) is 4.87. The van der Waals surface area contributed by atoms with Crippen LogP contribution in [0, 0.1) is 0 Å². The fourth-order valence-corrected chi connectivity index (χ4v) is 2.27. The third-order valence-electron chi connectivity index (χ3n) is 2.55. The number of nitrogens with zero attached hydrogens (tertiary/aromatic N) is 2. The average molecular weight is 212 g/mol. The van der Waals surface area contributed by atoms with Crippen molar-refractivity contribution in [2.24, 2.45) is 0 Å². The molecule has 1 aliphatic heterocycles. The van der Waals surface area contributed by atoms with Crippen molar-refractivity contribution in [3.05, 3.63) is 16.6 Å². The molecule has 0 radical (unpaired) electrons. The molecule has 0 aliphatic carbocycles. The van der Waals surface area contributed by atoms with Gasteiger partial charge in [0.15, 0.2) is 0 Å². The summed E-state index contributed by atoms with van der Waals surface area (Å²) in [4.78, 5) is 6.72. The first kappa shape index (κ1) is 10.1. The van der Waals surface area contributed by atoms with Gasteiger partial charge in [-0.05, 0) is 6.42 Å². The molecule has 1 unspecified atom stereocenters. The number of aromatic nitrogens is 1. The lowest BCUT2D eigenvalue weighted by Gasteiger charge is -2.31. The molecule has 1 aromatic rings. The van der Waals surface area contributed by atoms with Crippen LogP contribution in [0.5, 0.6) is 0 Å². The van der Waals surface area contributed by atoms with Crippen molar-refractivity contribution in [2.75, 3.05) is 19.7 Å². The highest BCUT2D eigenvalue weighted by Gasteiger charge is 2.18. The molecule has 1 saturated heterocycles. The summed E-state index contributed by atoms with van der Waals surface area (Å²) >= 11 is 1.67. The molecular weight excluding hydrogens is 196 g/mol. The monoisotopic (exact) mass is 212 g/mol. The fraction of sp³-hybridized carbons (Fsp3) is 0.700. The second-order valence-electron chi connectivity index (χ2n) is 3.62. The number of hydrogen-bond acceptors (Lipinski definition) is 4. The predicted octanol–water partition coefficient (Wildman–Crippen LogP) is 1.75. The van der Waals surface area contributed by atoms with E-state index in [4.69, 9.17) is 4.74 Å². The number of rotatable bonds is 3. The Kier molecular flexibility index (Phi) is 3.50. The fourth-order valence-electron chi connectivity index (χ4n) is 1.72. The van der Waals surface area contributed by atoms with E-state index in [0.717, 1.165) is 32.7 Å². The maximum atomic E-state index is 5.62. The van der Waals surface area contributed by atoms with Gasteiger partial charge in [-0.2, -0.15) is 0 Å². The van der Waals surface area contributed by atoms with Crippen LogP contribution in [0.15, 0.2) is 10.9 Å². The molecule has 1 atom stereocenters. The smallest absolute Gasteiger partial charge is 0.0795 e. The molecule has 0 aromatic carbocycles. The molecular formula is C10H16N2OS. The second-order valence-corrected chi connectivity index (χ2v) is 4.33. The van der Waals surface area contributed by atoms with Crippen LogP contribution in [0.25, 0.3) is 0 Å². The van der Waals surface area contributed by atoms with E-state index in [-0.39, 0.29) is 0 Å². The standard InChI is InChI=1S/C10H16N2OS/c1-2-10-6-12(3-4-13-10)5-9-7-14-8-11-9/h7-8,10H,2-6H2,1H3. The third kappa shape index (κ3) is 2.53. The van der Waals surface area contributed by atoms with Crippen LogP contribution in [0.4, 0.5) is 0 Å². The Morgan fingerprint density at radius 2 is 2.64 bits per heavy atom. The van der Waals surface area contributed by atoms with Crippen LogP contribution < -0.4 is 0 Å². The number of ether oxygens (including phenoxy) is 1. The van der Waals surface area contributed by atoms with Crippen molar-refractivity contribution >= 4 is 11.3 Å². The Labute approximate surface area is 88.7 Å². The first-order valence-electron chi connectivity index (χ1n) is 5.09. The summed E-state index contributed by atoms with van der Waals surface area (Å²) in [5.41, 5.74) is 3.08. The molecule has 0 N–H and O–H groups in total. The zero-order valence-corrected chi connectivity index (χ0v) is 9.30. The highest BCUT2D eigenvalue weighted by Crippen LogP contribution is 2.12. The Hall–Kier alpha value is -0.450. The Balaban J connectivity index is 1.86. The zero-order valence-electron chi connectivity index (χ0n) is 8.48. The van der Waals surface area contributed by atoms with Crippen molar-refractivity contribution < 1.29 is 4.74 Å². The maximum absolute atomic E-state index is 5.62. The first-order chi connectivity index (χ1) is 6.88. The highest BCUT2D eigenvalue weighted by molar-refractivity contribution is 7.07. The van der Waals surface area contributed by atoms with E-state index in [2.05, 4.69) is 22.2 Å². The van der Waals surface area contributed by atoms with Crippen LogP contribution in [-0.4, -0.2) is 35.7 Å². The van der Waals surface area contributed by atoms with Crippen molar-refractivity contribution in [2.45, 2.75) is 26.0 Å². The molecule has 2 heterocycles. The third-order valence-corrected chi connectivity index (χ3v) is 3.18. The van der Waals surface area contributed by atoms with E-state index >= 15 is 0 Å². The van der Waals surface area contributed by atoms with Crippen LogP contribution in [0.3, 0.4) is 0 Å². The summed E-state index contributed by atoms with van der Waals surface area (Å²) in [5, 5.41) is 2.12. The summed E-state index contributed by atoms with van der Waals surface area (Å²) in [7, 11) is 0. The van der Waals surface area contributed by atoms with Gasteiger partial charge >= 0.3 is 0 Å². The number of morpholine rings is 1. The van der Waals surface area contributed by atoms with E-state index in [0.29, 0.717) is 6.10 Å². The topological polar surface area (TPSA) is 25.4 Å². The lowest BCUT2D eigenvalue weighted by molar-refractivity contribution is -0.0327. The summed E-state index contributed by atoms with van der Waals surface area (Å²) in [6.45, 7) is 6.10. The van der Waals surface area contributed by atoms with Crippen molar-refractivity contribution in [3.63, 3.8) is 0 Å². The molecule has 0 amide bonds. The minimum atomic E-state index is 0.419. The van der Waals surface area contributed by atoms with Crippen LogP contribution in [0.2, 0.25) is 0 Å². The Morgan fingerprint density at radius 3 is 3.36 bits per heavy atom. The van der Waals surface area contributed by atoms with Gasteiger partial charge in [0.05, 0.1) is 23.9 Å². The van der Waals surface area contributed by atoms with Crippen molar-refractivity contribution in [1.82, 2.24) is 9.88 Å². The van der Waals surface area contributed by atoms with Crippen molar-refractivity contribution in [1.29, 1.82) is 0 Å². The van der Waals surface area contributed by atoms with E-state index < -0.39 is 0 Å². The molecule has 3 nitrogen and oxygen atoms in total. The van der Waals surface area contributed by atoms with Gasteiger partial charge in [-0.3, -0.25) is 4.90 Å². The molecule has 4 heteroatoms. The molecule has 2 rings (SSSR count). The normalized spacial score (nSPS) is 23.9. The maximum Gasteiger partial charge on any atom is 0.0795 e. The van der Waals surface area contributed by atoms with Crippen LogP contribution in [0.1, 0.15) is 19.0 Å². The Bertz CT molecular complexity index is 263. The van der Waals surface area contributed by atoms with Gasteiger partial charge in [0.2, 0.25) is 0 Å². The van der Waals surface area contributed by atoms with Gasteiger partial charge in [-0.1, -0.05) is 6.92 Å². The molecule has 1 aromatic heterocycles. The lowest BCUT2D eigenvalue weighted by Crippen LogP contribution is -2.41. The molecule has 0 bridgehead atoms.